The highest BCUT2D eigenvalue weighted by Gasteiger charge is 2.33. The van der Waals surface area contributed by atoms with Crippen molar-refractivity contribution >= 4 is 5.91 Å². The van der Waals surface area contributed by atoms with Crippen LogP contribution in [0.25, 0.3) is 0 Å². The molecule has 0 saturated carbocycles. The van der Waals surface area contributed by atoms with Gasteiger partial charge in [0.15, 0.2) is 0 Å². The highest BCUT2D eigenvalue weighted by molar-refractivity contribution is 5.97. The molecule has 0 aromatic heterocycles. The first kappa shape index (κ1) is 12.7. The van der Waals surface area contributed by atoms with E-state index >= 15 is 0 Å². The van der Waals surface area contributed by atoms with Crippen molar-refractivity contribution in [2.45, 2.75) is 25.4 Å². The molecule has 18 heavy (non-hydrogen) atoms. The molecule has 0 bridgehead atoms. The van der Waals surface area contributed by atoms with Crippen molar-refractivity contribution in [1.82, 2.24) is 4.90 Å². The number of nitrogens with zero attached hydrogens (tertiary/aromatic N) is 1. The molecule has 0 spiro atoms. The molecule has 1 amide bonds. The molecule has 2 atom stereocenters. The number of ether oxygens (including phenoxy) is 1. The average Bonchev–Trinajstić information content (AvgIpc) is 2.70. The lowest BCUT2D eigenvalue weighted by Gasteiger charge is -2.23. The van der Waals surface area contributed by atoms with Crippen LogP contribution in [0.15, 0.2) is 18.2 Å². The standard InChI is InChI=1S/C13H18N2O3/c1-8-11(14)5-6-15(8)13(17)10-7-9(18-2)3-4-12(10)16/h3-4,7-8,11,16H,5-6,14H2,1-2H3. The van der Waals surface area contributed by atoms with Gasteiger partial charge in [0.1, 0.15) is 11.5 Å². The lowest BCUT2D eigenvalue weighted by atomic mass is 10.1. The highest BCUT2D eigenvalue weighted by Crippen LogP contribution is 2.27. The molecular weight excluding hydrogens is 232 g/mol. The summed E-state index contributed by atoms with van der Waals surface area (Å²) in [6.45, 7) is 2.55. The zero-order chi connectivity index (χ0) is 13.3. The quantitative estimate of drug-likeness (QED) is 0.819. The van der Waals surface area contributed by atoms with Crippen molar-refractivity contribution in [2.75, 3.05) is 13.7 Å². The van der Waals surface area contributed by atoms with Crippen LogP contribution in [0.2, 0.25) is 0 Å². The Balaban J connectivity index is 2.28. The van der Waals surface area contributed by atoms with Gasteiger partial charge in [-0.15, -0.1) is 0 Å². The Morgan fingerprint density at radius 2 is 2.28 bits per heavy atom. The lowest BCUT2D eigenvalue weighted by molar-refractivity contribution is 0.0739. The van der Waals surface area contributed by atoms with Gasteiger partial charge in [-0.25, -0.2) is 0 Å². The minimum absolute atomic E-state index is 0.00157. The summed E-state index contributed by atoms with van der Waals surface area (Å²) in [5.41, 5.74) is 6.16. The first-order chi connectivity index (χ1) is 8.54. The summed E-state index contributed by atoms with van der Waals surface area (Å²) in [7, 11) is 1.52. The first-order valence-corrected chi connectivity index (χ1v) is 5.98. The fourth-order valence-electron chi connectivity index (χ4n) is 2.22. The molecule has 2 unspecified atom stereocenters. The van der Waals surface area contributed by atoms with Crippen LogP contribution < -0.4 is 10.5 Å². The van der Waals surface area contributed by atoms with Gasteiger partial charge in [0, 0.05) is 18.6 Å². The van der Waals surface area contributed by atoms with Gasteiger partial charge >= 0.3 is 0 Å². The fraction of sp³-hybridized carbons (Fsp3) is 0.462. The highest BCUT2D eigenvalue weighted by atomic mass is 16.5. The topological polar surface area (TPSA) is 75.8 Å². The van der Waals surface area contributed by atoms with E-state index in [9.17, 15) is 9.90 Å². The molecule has 2 rings (SSSR count). The maximum atomic E-state index is 12.3. The number of amides is 1. The fourth-order valence-corrected chi connectivity index (χ4v) is 2.22. The van der Waals surface area contributed by atoms with Crippen molar-refractivity contribution < 1.29 is 14.6 Å². The molecule has 1 aromatic carbocycles. The number of carbonyl (C=O) groups is 1. The Kier molecular flexibility index (Phi) is 3.43. The molecule has 1 aliphatic rings. The Morgan fingerprint density at radius 3 is 2.83 bits per heavy atom. The number of carbonyl (C=O) groups excluding carboxylic acids is 1. The van der Waals surface area contributed by atoms with Crippen LogP contribution in [0, 0.1) is 0 Å². The van der Waals surface area contributed by atoms with Crippen LogP contribution in [0.3, 0.4) is 0 Å². The molecule has 0 aliphatic carbocycles. The second-order valence-corrected chi connectivity index (χ2v) is 4.57. The van der Waals surface area contributed by atoms with Crippen LogP contribution >= 0.6 is 0 Å². The summed E-state index contributed by atoms with van der Waals surface area (Å²) < 4.78 is 5.06. The molecule has 0 radical (unpaired) electrons. The molecule has 5 heteroatoms. The number of phenolic OH excluding ortho intramolecular Hbond substituents is 1. The van der Waals surface area contributed by atoms with Gasteiger partial charge in [-0.3, -0.25) is 4.79 Å². The number of rotatable bonds is 2. The van der Waals surface area contributed by atoms with Gasteiger partial charge in [-0.1, -0.05) is 0 Å². The van der Waals surface area contributed by atoms with Crippen molar-refractivity contribution in [2.24, 2.45) is 5.73 Å². The van der Waals surface area contributed by atoms with Gasteiger partial charge in [-0.2, -0.15) is 0 Å². The van der Waals surface area contributed by atoms with E-state index in [1.54, 1.807) is 17.0 Å². The van der Waals surface area contributed by atoms with Crippen LogP contribution in [0.4, 0.5) is 0 Å². The number of hydrogen-bond acceptors (Lipinski definition) is 4. The number of phenols is 1. The van der Waals surface area contributed by atoms with E-state index in [1.807, 2.05) is 6.92 Å². The lowest BCUT2D eigenvalue weighted by Crippen LogP contribution is -2.40. The molecule has 1 aliphatic heterocycles. The SMILES string of the molecule is COc1ccc(O)c(C(=O)N2CCC(N)C2C)c1. The second kappa shape index (κ2) is 4.86. The Morgan fingerprint density at radius 1 is 1.56 bits per heavy atom. The summed E-state index contributed by atoms with van der Waals surface area (Å²) in [4.78, 5) is 14.0. The number of likely N-dealkylation sites (tertiary alicyclic amines) is 1. The van der Waals surface area contributed by atoms with Crippen LogP contribution in [0.5, 0.6) is 11.5 Å². The van der Waals surface area contributed by atoms with Crippen molar-refractivity contribution in [1.29, 1.82) is 0 Å². The van der Waals surface area contributed by atoms with E-state index in [4.69, 9.17) is 10.5 Å². The van der Waals surface area contributed by atoms with Crippen molar-refractivity contribution in [3.05, 3.63) is 23.8 Å². The minimum atomic E-state index is -0.202. The number of methoxy groups -OCH3 is 1. The Labute approximate surface area is 106 Å². The number of aromatic hydroxyl groups is 1. The van der Waals surface area contributed by atoms with E-state index in [0.29, 0.717) is 12.3 Å². The van der Waals surface area contributed by atoms with E-state index in [2.05, 4.69) is 0 Å². The normalized spacial score (nSPS) is 23.2. The van der Waals surface area contributed by atoms with Crippen molar-refractivity contribution in [3.63, 3.8) is 0 Å². The molecular formula is C13H18N2O3. The molecule has 98 valence electrons. The average molecular weight is 250 g/mol. The summed E-state index contributed by atoms with van der Waals surface area (Å²) >= 11 is 0. The molecule has 1 saturated heterocycles. The third-order valence-corrected chi connectivity index (χ3v) is 3.51. The largest absolute Gasteiger partial charge is 0.507 e. The van der Waals surface area contributed by atoms with Crippen LogP contribution in [-0.4, -0.2) is 41.7 Å². The third kappa shape index (κ3) is 2.13. The second-order valence-electron chi connectivity index (χ2n) is 4.57. The number of nitrogens with two attached hydrogens (primary N) is 1. The van der Waals surface area contributed by atoms with E-state index in [1.165, 1.54) is 13.2 Å². The zero-order valence-electron chi connectivity index (χ0n) is 10.6. The minimum Gasteiger partial charge on any atom is -0.507 e. The summed E-state index contributed by atoms with van der Waals surface area (Å²) in [6, 6.07) is 4.62. The predicted octanol–water partition coefficient (Wildman–Crippen LogP) is 0.963. The van der Waals surface area contributed by atoms with Gasteiger partial charge in [0.05, 0.1) is 12.7 Å². The van der Waals surface area contributed by atoms with Gasteiger partial charge in [-0.05, 0) is 31.5 Å². The first-order valence-electron chi connectivity index (χ1n) is 5.98. The predicted molar refractivity (Wildman–Crippen MR) is 67.7 cm³/mol. The zero-order valence-corrected chi connectivity index (χ0v) is 10.6. The van der Waals surface area contributed by atoms with E-state index in [-0.39, 0.29) is 29.3 Å². The summed E-state index contributed by atoms with van der Waals surface area (Å²) in [6.07, 6.45) is 0.789. The number of hydrogen-bond donors (Lipinski definition) is 2. The smallest absolute Gasteiger partial charge is 0.258 e. The summed E-state index contributed by atoms with van der Waals surface area (Å²) in [5.74, 6) is 0.313. The number of benzene rings is 1. The molecule has 3 N–H and O–H groups in total. The molecule has 5 nitrogen and oxygen atoms in total. The Hall–Kier alpha value is -1.75. The molecule has 1 fully saturated rings. The van der Waals surface area contributed by atoms with Crippen molar-refractivity contribution in [3.8, 4) is 11.5 Å². The van der Waals surface area contributed by atoms with E-state index in [0.717, 1.165) is 6.42 Å². The molecule has 1 aromatic rings. The van der Waals surface area contributed by atoms with Gasteiger partial charge in [0.2, 0.25) is 0 Å². The maximum Gasteiger partial charge on any atom is 0.258 e. The monoisotopic (exact) mass is 250 g/mol. The van der Waals surface area contributed by atoms with Gasteiger partial charge < -0.3 is 20.5 Å². The van der Waals surface area contributed by atoms with Crippen LogP contribution in [-0.2, 0) is 0 Å². The van der Waals surface area contributed by atoms with Gasteiger partial charge in [0.25, 0.3) is 5.91 Å². The maximum absolute atomic E-state index is 12.3. The third-order valence-electron chi connectivity index (χ3n) is 3.51. The van der Waals surface area contributed by atoms with E-state index < -0.39 is 0 Å². The van der Waals surface area contributed by atoms with Crippen LogP contribution in [0.1, 0.15) is 23.7 Å². The molecule has 1 heterocycles. The summed E-state index contributed by atoms with van der Waals surface area (Å²) in [5, 5.41) is 9.78. The Bertz CT molecular complexity index is 462.